The lowest BCUT2D eigenvalue weighted by atomic mass is 9.90. The molecule has 3 aromatic rings. The number of benzene rings is 3. The quantitative estimate of drug-likeness (QED) is 0.369. The molecule has 0 radical (unpaired) electrons. The SMILES string of the molecule is NCC(OCC1CCCCC1)c1ccc(OCc2ccccc2)c(OCc2ccccc2)c1. The van der Waals surface area contributed by atoms with Crippen LogP contribution in [0.15, 0.2) is 78.9 Å². The normalized spacial score (nSPS) is 15.2. The zero-order valence-corrected chi connectivity index (χ0v) is 19.3. The standard InChI is InChI=1S/C29H35NO3/c30-19-29(33-22-25-14-8-3-9-15-25)26-16-17-27(31-20-23-10-4-1-5-11-23)28(18-26)32-21-24-12-6-2-7-13-24/h1-2,4-7,10-13,16-18,25,29H,3,8-9,14-15,19-22,30H2. The first-order valence-electron chi connectivity index (χ1n) is 12.1. The van der Waals surface area contributed by atoms with E-state index in [1.165, 1.54) is 32.1 Å². The molecule has 0 aliphatic heterocycles. The maximum absolute atomic E-state index is 6.28. The van der Waals surface area contributed by atoms with Crippen molar-refractivity contribution in [2.75, 3.05) is 13.2 Å². The van der Waals surface area contributed by atoms with E-state index in [1.807, 2.05) is 54.6 Å². The molecule has 33 heavy (non-hydrogen) atoms. The molecule has 0 heterocycles. The molecule has 174 valence electrons. The molecule has 0 saturated heterocycles. The molecule has 1 atom stereocenters. The zero-order valence-electron chi connectivity index (χ0n) is 19.3. The lowest BCUT2D eigenvalue weighted by Gasteiger charge is -2.25. The second-order valence-electron chi connectivity index (χ2n) is 8.82. The van der Waals surface area contributed by atoms with Crippen LogP contribution in [0.1, 0.15) is 54.9 Å². The number of rotatable bonds is 11. The molecular formula is C29H35NO3. The molecule has 3 aromatic carbocycles. The molecule has 4 rings (SSSR count). The van der Waals surface area contributed by atoms with Gasteiger partial charge in [-0.25, -0.2) is 0 Å². The van der Waals surface area contributed by atoms with Crippen molar-refractivity contribution in [2.24, 2.45) is 11.7 Å². The third-order valence-electron chi connectivity index (χ3n) is 6.29. The summed E-state index contributed by atoms with van der Waals surface area (Å²) >= 11 is 0. The van der Waals surface area contributed by atoms with E-state index in [1.54, 1.807) is 0 Å². The molecule has 1 unspecified atom stereocenters. The Kier molecular flexibility index (Phi) is 8.79. The Bertz CT molecular complexity index is 955. The van der Waals surface area contributed by atoms with Gasteiger partial charge in [-0.3, -0.25) is 0 Å². The molecule has 0 bridgehead atoms. The van der Waals surface area contributed by atoms with Gasteiger partial charge in [-0.2, -0.15) is 0 Å². The van der Waals surface area contributed by atoms with Gasteiger partial charge in [0.25, 0.3) is 0 Å². The predicted octanol–water partition coefficient (Wildman–Crippen LogP) is 6.44. The highest BCUT2D eigenvalue weighted by atomic mass is 16.5. The van der Waals surface area contributed by atoms with Crippen molar-refractivity contribution in [1.29, 1.82) is 0 Å². The summed E-state index contributed by atoms with van der Waals surface area (Å²) < 4.78 is 18.6. The summed E-state index contributed by atoms with van der Waals surface area (Å²) in [7, 11) is 0. The maximum Gasteiger partial charge on any atom is 0.162 e. The van der Waals surface area contributed by atoms with Crippen molar-refractivity contribution < 1.29 is 14.2 Å². The summed E-state index contributed by atoms with van der Waals surface area (Å²) in [6.07, 6.45) is 6.35. The van der Waals surface area contributed by atoms with Gasteiger partial charge in [0.2, 0.25) is 0 Å². The number of hydrogen-bond acceptors (Lipinski definition) is 4. The predicted molar refractivity (Wildman–Crippen MR) is 132 cm³/mol. The fourth-order valence-electron chi connectivity index (χ4n) is 4.33. The van der Waals surface area contributed by atoms with Crippen molar-refractivity contribution in [1.82, 2.24) is 0 Å². The maximum atomic E-state index is 6.28. The Morgan fingerprint density at radius 1 is 0.727 bits per heavy atom. The number of nitrogens with two attached hydrogens (primary N) is 1. The summed E-state index contributed by atoms with van der Waals surface area (Å²) in [6.45, 7) is 2.17. The van der Waals surface area contributed by atoms with E-state index in [4.69, 9.17) is 19.9 Å². The van der Waals surface area contributed by atoms with Crippen LogP contribution in [0.25, 0.3) is 0 Å². The van der Waals surface area contributed by atoms with Crippen molar-refractivity contribution >= 4 is 0 Å². The summed E-state index contributed by atoms with van der Waals surface area (Å²) in [5.41, 5.74) is 9.37. The minimum atomic E-state index is -0.144. The Hall–Kier alpha value is -2.82. The van der Waals surface area contributed by atoms with E-state index in [9.17, 15) is 0 Å². The first kappa shape index (κ1) is 23.3. The van der Waals surface area contributed by atoms with Crippen LogP contribution in [-0.2, 0) is 18.0 Å². The van der Waals surface area contributed by atoms with Gasteiger partial charge < -0.3 is 19.9 Å². The first-order chi connectivity index (χ1) is 16.3. The second-order valence-corrected chi connectivity index (χ2v) is 8.82. The van der Waals surface area contributed by atoms with E-state index < -0.39 is 0 Å². The van der Waals surface area contributed by atoms with Crippen LogP contribution in [0.2, 0.25) is 0 Å². The third-order valence-corrected chi connectivity index (χ3v) is 6.29. The highest BCUT2D eigenvalue weighted by Crippen LogP contribution is 2.33. The number of hydrogen-bond donors (Lipinski definition) is 1. The fraction of sp³-hybridized carbons (Fsp3) is 0.379. The molecule has 4 nitrogen and oxygen atoms in total. The molecule has 0 spiro atoms. The van der Waals surface area contributed by atoms with Gasteiger partial charge in [0.05, 0.1) is 12.7 Å². The largest absolute Gasteiger partial charge is 0.485 e. The van der Waals surface area contributed by atoms with Gasteiger partial charge in [0.15, 0.2) is 11.5 Å². The van der Waals surface area contributed by atoms with E-state index in [-0.39, 0.29) is 6.10 Å². The Morgan fingerprint density at radius 3 is 1.94 bits per heavy atom. The van der Waals surface area contributed by atoms with E-state index in [0.717, 1.165) is 29.0 Å². The van der Waals surface area contributed by atoms with Crippen molar-refractivity contribution in [3.05, 3.63) is 95.6 Å². The van der Waals surface area contributed by atoms with E-state index >= 15 is 0 Å². The smallest absolute Gasteiger partial charge is 0.162 e. The number of ether oxygens (including phenoxy) is 3. The molecule has 2 N–H and O–H groups in total. The molecule has 1 aliphatic carbocycles. The Morgan fingerprint density at radius 2 is 1.33 bits per heavy atom. The minimum Gasteiger partial charge on any atom is -0.485 e. The molecule has 1 fully saturated rings. The first-order valence-corrected chi connectivity index (χ1v) is 12.1. The minimum absolute atomic E-state index is 0.144. The van der Waals surface area contributed by atoms with Crippen LogP contribution >= 0.6 is 0 Å². The summed E-state index contributed by atoms with van der Waals surface area (Å²) in [5, 5.41) is 0. The van der Waals surface area contributed by atoms with Gasteiger partial charge in [0, 0.05) is 6.54 Å². The Labute approximate surface area is 197 Å². The molecule has 1 saturated carbocycles. The van der Waals surface area contributed by atoms with Crippen LogP contribution in [0, 0.1) is 5.92 Å². The highest BCUT2D eigenvalue weighted by molar-refractivity contribution is 5.44. The van der Waals surface area contributed by atoms with Crippen LogP contribution in [0.4, 0.5) is 0 Å². The average Bonchev–Trinajstić information content (AvgIpc) is 2.89. The van der Waals surface area contributed by atoms with Gasteiger partial charge in [0.1, 0.15) is 13.2 Å². The molecule has 1 aliphatic rings. The van der Waals surface area contributed by atoms with Crippen molar-refractivity contribution in [3.8, 4) is 11.5 Å². The average molecular weight is 446 g/mol. The van der Waals surface area contributed by atoms with Gasteiger partial charge >= 0.3 is 0 Å². The van der Waals surface area contributed by atoms with Crippen LogP contribution in [0.3, 0.4) is 0 Å². The lowest BCUT2D eigenvalue weighted by Crippen LogP contribution is -2.21. The zero-order chi connectivity index (χ0) is 22.7. The molecular weight excluding hydrogens is 410 g/mol. The monoisotopic (exact) mass is 445 g/mol. The van der Waals surface area contributed by atoms with Gasteiger partial charge in [-0.15, -0.1) is 0 Å². The van der Waals surface area contributed by atoms with Gasteiger partial charge in [-0.05, 0) is 47.6 Å². The summed E-state index contributed by atoms with van der Waals surface area (Å²) in [5.74, 6) is 2.09. The lowest BCUT2D eigenvalue weighted by molar-refractivity contribution is 0.0244. The van der Waals surface area contributed by atoms with Crippen LogP contribution < -0.4 is 15.2 Å². The van der Waals surface area contributed by atoms with E-state index in [2.05, 4.69) is 24.3 Å². The van der Waals surface area contributed by atoms with E-state index in [0.29, 0.717) is 31.4 Å². The molecule has 0 aromatic heterocycles. The fourth-order valence-corrected chi connectivity index (χ4v) is 4.33. The van der Waals surface area contributed by atoms with Crippen molar-refractivity contribution in [2.45, 2.75) is 51.4 Å². The highest BCUT2D eigenvalue weighted by Gasteiger charge is 2.19. The summed E-state index contributed by atoms with van der Waals surface area (Å²) in [6, 6.07) is 26.4. The molecule has 0 amide bonds. The second kappa shape index (κ2) is 12.4. The van der Waals surface area contributed by atoms with Gasteiger partial charge in [-0.1, -0.05) is 86.0 Å². The van der Waals surface area contributed by atoms with Crippen LogP contribution in [-0.4, -0.2) is 13.2 Å². The Balaban J connectivity index is 1.47. The van der Waals surface area contributed by atoms with Crippen molar-refractivity contribution in [3.63, 3.8) is 0 Å². The topological polar surface area (TPSA) is 53.7 Å². The summed E-state index contributed by atoms with van der Waals surface area (Å²) in [4.78, 5) is 0. The molecule has 4 heteroatoms. The third kappa shape index (κ3) is 7.08. The van der Waals surface area contributed by atoms with Crippen LogP contribution in [0.5, 0.6) is 11.5 Å².